The van der Waals surface area contributed by atoms with Crippen molar-refractivity contribution in [1.29, 1.82) is 0 Å². The van der Waals surface area contributed by atoms with Crippen molar-refractivity contribution in [3.05, 3.63) is 65.2 Å². The molecule has 0 aliphatic carbocycles. The fourth-order valence-electron chi connectivity index (χ4n) is 2.33. The molecule has 0 fully saturated rings. The SMILES string of the molecule is CC#CC(Cc1ccc(S(C)(=O)=O)cc1)c1ccc(C)cc1. The van der Waals surface area contributed by atoms with Gasteiger partial charge in [0.15, 0.2) is 9.84 Å². The van der Waals surface area contributed by atoms with E-state index in [0.717, 1.165) is 12.0 Å². The van der Waals surface area contributed by atoms with Gasteiger partial charge in [0, 0.05) is 12.2 Å². The van der Waals surface area contributed by atoms with Crippen LogP contribution in [0, 0.1) is 18.8 Å². The van der Waals surface area contributed by atoms with E-state index in [9.17, 15) is 8.42 Å². The molecular weight excluding hydrogens is 292 g/mol. The molecule has 22 heavy (non-hydrogen) atoms. The van der Waals surface area contributed by atoms with Gasteiger partial charge < -0.3 is 0 Å². The highest BCUT2D eigenvalue weighted by atomic mass is 32.2. The molecule has 2 aromatic rings. The van der Waals surface area contributed by atoms with Crippen LogP contribution in [0.25, 0.3) is 0 Å². The van der Waals surface area contributed by atoms with Gasteiger partial charge in [-0.1, -0.05) is 47.9 Å². The summed E-state index contributed by atoms with van der Waals surface area (Å²) in [5, 5.41) is 0. The summed E-state index contributed by atoms with van der Waals surface area (Å²) < 4.78 is 23.0. The van der Waals surface area contributed by atoms with Gasteiger partial charge in [-0.25, -0.2) is 8.42 Å². The Morgan fingerprint density at radius 1 is 1.00 bits per heavy atom. The van der Waals surface area contributed by atoms with Crippen LogP contribution >= 0.6 is 0 Å². The van der Waals surface area contributed by atoms with Gasteiger partial charge in [0.05, 0.1) is 4.90 Å². The Morgan fingerprint density at radius 2 is 1.59 bits per heavy atom. The van der Waals surface area contributed by atoms with E-state index in [1.54, 1.807) is 12.1 Å². The van der Waals surface area contributed by atoms with Gasteiger partial charge >= 0.3 is 0 Å². The highest BCUT2D eigenvalue weighted by molar-refractivity contribution is 7.90. The predicted octanol–water partition coefficient (Wildman–Crippen LogP) is 3.75. The molecule has 2 aromatic carbocycles. The summed E-state index contributed by atoms with van der Waals surface area (Å²) in [6.45, 7) is 3.90. The zero-order chi connectivity index (χ0) is 16.2. The van der Waals surface area contributed by atoms with Crippen molar-refractivity contribution in [2.45, 2.75) is 31.1 Å². The molecule has 0 spiro atoms. The second-order valence-electron chi connectivity index (χ2n) is 5.48. The first-order valence-electron chi connectivity index (χ1n) is 7.18. The zero-order valence-electron chi connectivity index (χ0n) is 13.1. The van der Waals surface area contributed by atoms with Crippen molar-refractivity contribution in [3.63, 3.8) is 0 Å². The molecule has 3 heteroatoms. The first kappa shape index (κ1) is 16.3. The Bertz CT molecular complexity index is 789. The fraction of sp³-hybridized carbons (Fsp3) is 0.263. The van der Waals surface area contributed by atoms with E-state index in [1.807, 2.05) is 19.1 Å². The van der Waals surface area contributed by atoms with Crippen LogP contribution < -0.4 is 0 Å². The summed E-state index contributed by atoms with van der Waals surface area (Å²) in [5.41, 5.74) is 3.50. The Morgan fingerprint density at radius 3 is 2.09 bits per heavy atom. The molecule has 114 valence electrons. The maximum absolute atomic E-state index is 11.5. The molecule has 2 rings (SSSR count). The number of aryl methyl sites for hydroxylation is 1. The molecule has 0 aromatic heterocycles. The molecule has 0 aliphatic heterocycles. The number of hydrogen-bond acceptors (Lipinski definition) is 2. The quantitative estimate of drug-likeness (QED) is 0.806. The summed E-state index contributed by atoms with van der Waals surface area (Å²) in [4.78, 5) is 0.352. The Labute approximate surface area is 133 Å². The normalized spacial score (nSPS) is 12.3. The van der Waals surface area contributed by atoms with E-state index in [2.05, 4.69) is 43.0 Å². The van der Waals surface area contributed by atoms with Crippen LogP contribution in [-0.4, -0.2) is 14.7 Å². The van der Waals surface area contributed by atoms with Gasteiger partial charge in [-0.2, -0.15) is 0 Å². The van der Waals surface area contributed by atoms with Crippen molar-refractivity contribution < 1.29 is 8.42 Å². The Balaban J connectivity index is 2.24. The summed E-state index contributed by atoms with van der Waals surface area (Å²) >= 11 is 0. The highest BCUT2D eigenvalue weighted by Gasteiger charge is 2.11. The van der Waals surface area contributed by atoms with E-state index >= 15 is 0 Å². The highest BCUT2D eigenvalue weighted by Crippen LogP contribution is 2.22. The lowest BCUT2D eigenvalue weighted by atomic mass is 9.92. The largest absolute Gasteiger partial charge is 0.224 e. The van der Waals surface area contributed by atoms with E-state index in [1.165, 1.54) is 17.4 Å². The molecule has 0 saturated carbocycles. The average molecular weight is 312 g/mol. The van der Waals surface area contributed by atoms with E-state index in [-0.39, 0.29) is 5.92 Å². The molecule has 0 radical (unpaired) electrons. The van der Waals surface area contributed by atoms with Gasteiger partial charge in [-0.05, 0) is 43.5 Å². The second kappa shape index (κ2) is 6.81. The molecule has 1 atom stereocenters. The second-order valence-corrected chi connectivity index (χ2v) is 7.49. The minimum atomic E-state index is -3.14. The first-order valence-corrected chi connectivity index (χ1v) is 9.07. The predicted molar refractivity (Wildman–Crippen MR) is 90.6 cm³/mol. The van der Waals surface area contributed by atoms with Crippen molar-refractivity contribution >= 4 is 9.84 Å². The van der Waals surface area contributed by atoms with Crippen LogP contribution in [0.15, 0.2) is 53.4 Å². The van der Waals surface area contributed by atoms with Gasteiger partial charge in [0.2, 0.25) is 0 Å². The van der Waals surface area contributed by atoms with Crippen LogP contribution in [0.4, 0.5) is 0 Å². The topological polar surface area (TPSA) is 34.1 Å². The average Bonchev–Trinajstić information content (AvgIpc) is 2.47. The third-order valence-corrected chi connectivity index (χ3v) is 4.72. The summed E-state index contributed by atoms with van der Waals surface area (Å²) in [6.07, 6.45) is 1.99. The standard InChI is InChI=1S/C19H20O2S/c1-4-5-18(17-10-6-15(2)7-11-17)14-16-8-12-19(13-9-16)22(3,20)21/h6-13,18H,14H2,1-3H3. The van der Waals surface area contributed by atoms with Crippen molar-refractivity contribution in [3.8, 4) is 11.8 Å². The number of hydrogen-bond donors (Lipinski definition) is 0. The monoisotopic (exact) mass is 312 g/mol. The van der Waals surface area contributed by atoms with Crippen LogP contribution in [0.2, 0.25) is 0 Å². The van der Waals surface area contributed by atoms with Crippen LogP contribution in [0.1, 0.15) is 29.5 Å². The Hall–Kier alpha value is -2.05. The molecule has 0 saturated heterocycles. The van der Waals surface area contributed by atoms with E-state index in [0.29, 0.717) is 4.90 Å². The maximum atomic E-state index is 11.5. The molecule has 0 bridgehead atoms. The van der Waals surface area contributed by atoms with Gasteiger partial charge in [-0.15, -0.1) is 5.92 Å². The smallest absolute Gasteiger partial charge is 0.175 e. The Kier molecular flexibility index (Phi) is 5.05. The molecule has 0 aliphatic rings. The lowest BCUT2D eigenvalue weighted by Gasteiger charge is -2.12. The molecule has 1 unspecified atom stereocenters. The molecule has 0 amide bonds. The molecule has 0 heterocycles. The molecule has 0 N–H and O–H groups in total. The number of rotatable bonds is 4. The number of sulfone groups is 1. The van der Waals surface area contributed by atoms with Crippen molar-refractivity contribution in [1.82, 2.24) is 0 Å². The van der Waals surface area contributed by atoms with E-state index in [4.69, 9.17) is 0 Å². The third kappa shape index (κ3) is 4.22. The lowest BCUT2D eigenvalue weighted by Crippen LogP contribution is -2.02. The van der Waals surface area contributed by atoms with Crippen LogP contribution in [0.5, 0.6) is 0 Å². The van der Waals surface area contributed by atoms with E-state index < -0.39 is 9.84 Å². The van der Waals surface area contributed by atoms with Gasteiger partial charge in [0.1, 0.15) is 0 Å². The summed E-state index contributed by atoms with van der Waals surface area (Å²) in [6, 6.07) is 15.5. The molecular formula is C19H20O2S. The molecule has 2 nitrogen and oxygen atoms in total. The van der Waals surface area contributed by atoms with Crippen LogP contribution in [0.3, 0.4) is 0 Å². The van der Waals surface area contributed by atoms with Gasteiger partial charge in [-0.3, -0.25) is 0 Å². The van der Waals surface area contributed by atoms with Gasteiger partial charge in [0.25, 0.3) is 0 Å². The summed E-state index contributed by atoms with van der Waals surface area (Å²) in [7, 11) is -3.14. The summed E-state index contributed by atoms with van der Waals surface area (Å²) in [5.74, 6) is 6.35. The number of benzene rings is 2. The van der Waals surface area contributed by atoms with Crippen molar-refractivity contribution in [2.24, 2.45) is 0 Å². The van der Waals surface area contributed by atoms with Crippen molar-refractivity contribution in [2.75, 3.05) is 6.26 Å². The fourth-order valence-corrected chi connectivity index (χ4v) is 2.96. The lowest BCUT2D eigenvalue weighted by molar-refractivity contribution is 0.602. The maximum Gasteiger partial charge on any atom is 0.175 e. The first-order chi connectivity index (χ1) is 10.4. The third-order valence-electron chi connectivity index (χ3n) is 3.59. The minimum Gasteiger partial charge on any atom is -0.224 e. The minimum absolute atomic E-state index is 0.120. The van der Waals surface area contributed by atoms with Crippen LogP contribution in [-0.2, 0) is 16.3 Å². The zero-order valence-corrected chi connectivity index (χ0v) is 13.9.